The van der Waals surface area contributed by atoms with Crippen molar-refractivity contribution in [1.82, 2.24) is 10.2 Å². The Labute approximate surface area is 232 Å². The van der Waals surface area contributed by atoms with Gasteiger partial charge in [0.25, 0.3) is 11.8 Å². The predicted octanol–water partition coefficient (Wildman–Crippen LogP) is 5.09. The first-order valence-electron chi connectivity index (χ1n) is 13.0. The molecule has 1 N–H and O–H groups in total. The molecule has 2 heterocycles. The van der Waals surface area contributed by atoms with E-state index in [1.807, 2.05) is 74.5 Å². The SMILES string of the molecule is CCC(C)Oc1cccc(C(=O)NC2C(=O)N3C(C(=O)OC(c4ccccc4)c4ccccc4)=CCS[C@H]23)c1. The molecule has 200 valence electrons. The topological polar surface area (TPSA) is 84.9 Å². The van der Waals surface area contributed by atoms with Gasteiger partial charge in [0.15, 0.2) is 6.10 Å². The summed E-state index contributed by atoms with van der Waals surface area (Å²) in [5, 5.41) is 2.45. The minimum atomic E-state index is -0.739. The van der Waals surface area contributed by atoms with Crippen LogP contribution in [0.4, 0.5) is 0 Å². The molecule has 3 atom stereocenters. The second-order valence-electron chi connectivity index (χ2n) is 9.44. The van der Waals surface area contributed by atoms with Crippen LogP contribution in [0.15, 0.2) is 96.7 Å². The average molecular weight is 543 g/mol. The van der Waals surface area contributed by atoms with Crippen molar-refractivity contribution >= 4 is 29.5 Å². The van der Waals surface area contributed by atoms with Crippen LogP contribution in [-0.4, -0.2) is 46.0 Å². The van der Waals surface area contributed by atoms with Crippen LogP contribution in [-0.2, 0) is 14.3 Å². The van der Waals surface area contributed by atoms with Gasteiger partial charge < -0.3 is 14.8 Å². The van der Waals surface area contributed by atoms with Crippen LogP contribution in [0.25, 0.3) is 0 Å². The number of rotatable bonds is 9. The number of β-lactam (4-membered cyclic amide) rings is 1. The second-order valence-corrected chi connectivity index (χ2v) is 10.6. The van der Waals surface area contributed by atoms with E-state index in [9.17, 15) is 14.4 Å². The van der Waals surface area contributed by atoms with Crippen molar-refractivity contribution in [3.63, 3.8) is 0 Å². The maximum atomic E-state index is 13.4. The smallest absolute Gasteiger partial charge is 0.355 e. The monoisotopic (exact) mass is 542 g/mol. The molecule has 0 aliphatic carbocycles. The highest BCUT2D eigenvalue weighted by Crippen LogP contribution is 2.39. The van der Waals surface area contributed by atoms with Crippen molar-refractivity contribution in [1.29, 1.82) is 0 Å². The van der Waals surface area contributed by atoms with Crippen molar-refractivity contribution < 1.29 is 23.9 Å². The number of nitrogens with one attached hydrogen (secondary N) is 1. The lowest BCUT2D eigenvalue weighted by Gasteiger charge is -2.48. The molecule has 0 aromatic heterocycles. The number of nitrogens with zero attached hydrogens (tertiary/aromatic N) is 1. The Morgan fingerprint density at radius 1 is 1.00 bits per heavy atom. The number of amides is 2. The zero-order valence-corrected chi connectivity index (χ0v) is 22.6. The average Bonchev–Trinajstić information content (AvgIpc) is 2.98. The Balaban J connectivity index is 1.28. The van der Waals surface area contributed by atoms with Gasteiger partial charge in [0.05, 0.1) is 6.10 Å². The van der Waals surface area contributed by atoms with Gasteiger partial charge in [-0.25, -0.2) is 4.79 Å². The van der Waals surface area contributed by atoms with Crippen LogP contribution in [0.3, 0.4) is 0 Å². The van der Waals surface area contributed by atoms with Crippen molar-refractivity contribution in [2.45, 2.75) is 43.9 Å². The van der Waals surface area contributed by atoms with Gasteiger partial charge in [-0.15, -0.1) is 11.8 Å². The minimum Gasteiger partial charge on any atom is -0.491 e. The summed E-state index contributed by atoms with van der Waals surface area (Å²) in [6.07, 6.45) is 1.96. The molecule has 8 heteroatoms. The number of hydrogen-bond donors (Lipinski definition) is 1. The van der Waals surface area contributed by atoms with E-state index in [1.54, 1.807) is 30.3 Å². The zero-order chi connectivity index (χ0) is 27.4. The number of carbonyl (C=O) groups excluding carboxylic acids is 3. The second kappa shape index (κ2) is 11.8. The summed E-state index contributed by atoms with van der Waals surface area (Å²) in [6.45, 7) is 3.99. The summed E-state index contributed by atoms with van der Waals surface area (Å²) >= 11 is 1.49. The van der Waals surface area contributed by atoms with E-state index < -0.39 is 18.1 Å². The Bertz CT molecular complexity index is 1340. The Kier molecular flexibility index (Phi) is 8.02. The van der Waals surface area contributed by atoms with Crippen molar-refractivity contribution in [3.8, 4) is 5.75 Å². The summed E-state index contributed by atoms with van der Waals surface area (Å²) < 4.78 is 11.8. The molecule has 0 radical (unpaired) electrons. The van der Waals surface area contributed by atoms with Crippen molar-refractivity contribution in [2.24, 2.45) is 0 Å². The number of carbonyl (C=O) groups is 3. The molecule has 3 aromatic carbocycles. The highest BCUT2D eigenvalue weighted by molar-refractivity contribution is 8.00. The summed E-state index contributed by atoms with van der Waals surface area (Å²) in [4.78, 5) is 41.0. The molecule has 2 amide bonds. The molecule has 0 bridgehead atoms. The maximum absolute atomic E-state index is 13.4. The summed E-state index contributed by atoms with van der Waals surface area (Å²) in [5.74, 6) is -0.164. The number of hydrogen-bond acceptors (Lipinski definition) is 6. The van der Waals surface area contributed by atoms with Gasteiger partial charge in [-0.2, -0.15) is 0 Å². The number of benzene rings is 3. The van der Waals surface area contributed by atoms with Crippen LogP contribution in [0.5, 0.6) is 5.75 Å². The Morgan fingerprint density at radius 2 is 1.67 bits per heavy atom. The summed E-state index contributed by atoms with van der Waals surface area (Å²) in [7, 11) is 0. The van der Waals surface area contributed by atoms with Gasteiger partial charge >= 0.3 is 5.97 Å². The molecule has 2 aliphatic heterocycles. The zero-order valence-electron chi connectivity index (χ0n) is 21.8. The lowest BCUT2D eigenvalue weighted by molar-refractivity contribution is -0.153. The maximum Gasteiger partial charge on any atom is 0.355 e. The van der Waals surface area contributed by atoms with Crippen molar-refractivity contribution in [3.05, 3.63) is 113 Å². The number of esters is 1. The van der Waals surface area contributed by atoms with E-state index in [4.69, 9.17) is 9.47 Å². The molecule has 0 saturated carbocycles. The predicted molar refractivity (Wildman–Crippen MR) is 150 cm³/mol. The van der Waals surface area contributed by atoms with Crippen LogP contribution in [0.2, 0.25) is 0 Å². The molecular formula is C31H30N2O5S. The van der Waals surface area contributed by atoms with Crippen molar-refractivity contribution in [2.75, 3.05) is 5.75 Å². The van der Waals surface area contributed by atoms with E-state index in [0.29, 0.717) is 17.1 Å². The van der Waals surface area contributed by atoms with Gasteiger partial charge in [0, 0.05) is 11.3 Å². The van der Waals surface area contributed by atoms with E-state index in [-0.39, 0.29) is 29.0 Å². The van der Waals surface area contributed by atoms with E-state index in [2.05, 4.69) is 5.32 Å². The fourth-order valence-electron chi connectivity index (χ4n) is 4.53. The first-order valence-corrected chi connectivity index (χ1v) is 14.0. The molecule has 0 spiro atoms. The molecule has 7 nitrogen and oxygen atoms in total. The van der Waals surface area contributed by atoms with E-state index in [0.717, 1.165) is 17.5 Å². The molecule has 39 heavy (non-hydrogen) atoms. The number of thioether (sulfide) groups is 1. The molecule has 2 aliphatic rings. The van der Waals surface area contributed by atoms with Gasteiger partial charge in [0.2, 0.25) is 0 Å². The fraction of sp³-hybridized carbons (Fsp3) is 0.258. The Morgan fingerprint density at radius 3 is 2.31 bits per heavy atom. The molecule has 3 aromatic rings. The Hall–Kier alpha value is -4.04. The van der Waals surface area contributed by atoms with Gasteiger partial charge in [0.1, 0.15) is 22.9 Å². The third-order valence-electron chi connectivity index (χ3n) is 6.78. The van der Waals surface area contributed by atoms with Crippen LogP contribution < -0.4 is 10.1 Å². The largest absolute Gasteiger partial charge is 0.491 e. The molecule has 1 saturated heterocycles. The molecule has 2 unspecified atom stereocenters. The lowest BCUT2D eigenvalue weighted by Crippen LogP contribution is -2.70. The summed E-state index contributed by atoms with van der Waals surface area (Å²) in [6, 6.07) is 25.2. The highest BCUT2D eigenvalue weighted by atomic mass is 32.2. The molecule has 1 fully saturated rings. The number of fused-ring (bicyclic) bond motifs is 1. The standard InChI is InChI=1S/C31H30N2O5S/c1-3-20(2)37-24-16-10-15-23(19-24)28(34)32-26-29(35)33-25(17-18-39-30(26)33)31(36)38-27(21-11-6-4-7-12-21)22-13-8-5-9-14-22/h4-17,19-20,26-27,30H,3,18H2,1-2H3,(H,32,34)/t20?,26?,30-/m1/s1. The molecule has 5 rings (SSSR count). The van der Waals surface area contributed by atoms with Gasteiger partial charge in [-0.05, 0) is 48.7 Å². The summed E-state index contributed by atoms with van der Waals surface area (Å²) in [5.41, 5.74) is 2.28. The van der Waals surface area contributed by atoms with Crippen LogP contribution in [0, 0.1) is 0 Å². The minimum absolute atomic E-state index is 0.0251. The number of ether oxygens (including phenoxy) is 2. The van der Waals surface area contributed by atoms with E-state index in [1.165, 1.54) is 16.7 Å². The van der Waals surface area contributed by atoms with E-state index >= 15 is 0 Å². The highest BCUT2D eigenvalue weighted by Gasteiger charge is 2.53. The van der Waals surface area contributed by atoms with Crippen LogP contribution >= 0.6 is 11.8 Å². The van der Waals surface area contributed by atoms with Gasteiger partial charge in [-0.1, -0.05) is 73.7 Å². The first-order chi connectivity index (χ1) is 19.0. The van der Waals surface area contributed by atoms with Crippen LogP contribution in [0.1, 0.15) is 47.9 Å². The first kappa shape index (κ1) is 26.6. The normalized spacial score (nSPS) is 18.9. The van der Waals surface area contributed by atoms with Gasteiger partial charge in [-0.3, -0.25) is 14.5 Å². The fourth-order valence-corrected chi connectivity index (χ4v) is 5.73. The molecular weight excluding hydrogens is 512 g/mol. The third-order valence-corrected chi connectivity index (χ3v) is 7.96. The lowest BCUT2D eigenvalue weighted by atomic mass is 10.0. The third kappa shape index (κ3) is 5.71. The quantitative estimate of drug-likeness (QED) is 0.299.